The van der Waals surface area contributed by atoms with E-state index in [0.717, 1.165) is 20.5 Å². The average Bonchev–Trinajstić information content (AvgIpc) is 2.29. The Labute approximate surface area is 123 Å². The Balaban J connectivity index is 1.87. The fourth-order valence-corrected chi connectivity index (χ4v) is 3.37. The first-order valence-electron chi connectivity index (χ1n) is 5.31. The van der Waals surface area contributed by atoms with Crippen LogP contribution in [0.1, 0.15) is 11.1 Å². The van der Waals surface area contributed by atoms with Gasteiger partial charge >= 0.3 is 0 Å². The standard InChI is InChI=1S/C14H12Br2S/c15-13-5-1-3-11(7-13)9-17-10-12-4-2-6-14(16)8-12/h1-8H,9-10H2. The molecule has 2 aromatic rings. The summed E-state index contributed by atoms with van der Waals surface area (Å²) >= 11 is 8.92. The molecule has 0 spiro atoms. The number of hydrogen-bond acceptors (Lipinski definition) is 1. The monoisotopic (exact) mass is 370 g/mol. The van der Waals surface area contributed by atoms with E-state index in [4.69, 9.17) is 0 Å². The first-order valence-corrected chi connectivity index (χ1v) is 8.05. The number of benzene rings is 2. The van der Waals surface area contributed by atoms with Crippen molar-refractivity contribution >= 4 is 43.6 Å². The predicted molar refractivity (Wildman–Crippen MR) is 83.3 cm³/mol. The minimum Gasteiger partial charge on any atom is -0.152 e. The predicted octanol–water partition coefficient (Wildman–Crippen LogP) is 5.65. The number of halogens is 2. The minimum absolute atomic E-state index is 1.05. The Kier molecular flexibility index (Phi) is 5.14. The van der Waals surface area contributed by atoms with Crippen LogP contribution in [0.2, 0.25) is 0 Å². The molecule has 0 saturated heterocycles. The molecule has 3 heteroatoms. The van der Waals surface area contributed by atoms with Crippen molar-refractivity contribution in [3.8, 4) is 0 Å². The highest BCUT2D eigenvalue weighted by Gasteiger charge is 1.97. The SMILES string of the molecule is Brc1cccc(CSCc2cccc(Br)c2)c1. The summed E-state index contributed by atoms with van der Waals surface area (Å²) in [4.78, 5) is 0. The second-order valence-electron chi connectivity index (χ2n) is 3.75. The molecule has 0 nitrogen and oxygen atoms in total. The quantitative estimate of drug-likeness (QED) is 0.669. The van der Waals surface area contributed by atoms with Gasteiger partial charge in [-0.05, 0) is 35.4 Å². The summed E-state index contributed by atoms with van der Waals surface area (Å²) in [5.41, 5.74) is 2.72. The van der Waals surface area contributed by atoms with E-state index in [-0.39, 0.29) is 0 Å². The van der Waals surface area contributed by atoms with Crippen LogP contribution in [-0.2, 0) is 11.5 Å². The number of thioether (sulfide) groups is 1. The molecule has 17 heavy (non-hydrogen) atoms. The highest BCUT2D eigenvalue weighted by Crippen LogP contribution is 2.21. The smallest absolute Gasteiger partial charge is 0.0188 e. The first kappa shape index (κ1) is 13.2. The molecule has 2 aromatic carbocycles. The van der Waals surface area contributed by atoms with E-state index >= 15 is 0 Å². The maximum Gasteiger partial charge on any atom is 0.0188 e. The van der Waals surface area contributed by atoms with Crippen molar-refractivity contribution in [2.75, 3.05) is 0 Å². The van der Waals surface area contributed by atoms with E-state index in [9.17, 15) is 0 Å². The van der Waals surface area contributed by atoms with Crippen LogP contribution < -0.4 is 0 Å². The summed E-state index contributed by atoms with van der Waals surface area (Å²) in [7, 11) is 0. The van der Waals surface area contributed by atoms with Gasteiger partial charge in [-0.2, -0.15) is 11.8 Å². The van der Waals surface area contributed by atoms with Crippen LogP contribution in [-0.4, -0.2) is 0 Å². The Morgan fingerprint density at radius 1 is 0.765 bits per heavy atom. The van der Waals surface area contributed by atoms with Gasteiger partial charge in [-0.1, -0.05) is 56.1 Å². The van der Waals surface area contributed by atoms with Crippen LogP contribution in [0.3, 0.4) is 0 Å². The molecule has 88 valence electrons. The van der Waals surface area contributed by atoms with E-state index in [0.29, 0.717) is 0 Å². The van der Waals surface area contributed by atoms with Gasteiger partial charge in [0.2, 0.25) is 0 Å². The van der Waals surface area contributed by atoms with Crippen molar-refractivity contribution in [3.05, 3.63) is 68.6 Å². The van der Waals surface area contributed by atoms with Crippen molar-refractivity contribution in [3.63, 3.8) is 0 Å². The lowest BCUT2D eigenvalue weighted by molar-refractivity contribution is 1.35. The van der Waals surface area contributed by atoms with Gasteiger partial charge in [-0.15, -0.1) is 0 Å². The Hall–Kier alpha value is -0.250. The third-order valence-electron chi connectivity index (χ3n) is 2.32. The van der Waals surface area contributed by atoms with Gasteiger partial charge in [0.15, 0.2) is 0 Å². The molecular formula is C14H12Br2S. The summed E-state index contributed by atoms with van der Waals surface area (Å²) in [6, 6.07) is 17.0. The maximum atomic E-state index is 3.49. The molecule has 0 radical (unpaired) electrons. The molecule has 0 heterocycles. The van der Waals surface area contributed by atoms with Crippen LogP contribution >= 0.6 is 43.6 Å². The third-order valence-corrected chi connectivity index (χ3v) is 4.38. The Morgan fingerprint density at radius 2 is 1.24 bits per heavy atom. The van der Waals surface area contributed by atoms with Crippen LogP contribution in [0.5, 0.6) is 0 Å². The van der Waals surface area contributed by atoms with Gasteiger partial charge in [0.05, 0.1) is 0 Å². The summed E-state index contributed by atoms with van der Waals surface area (Å²) in [5, 5.41) is 0. The van der Waals surface area contributed by atoms with Gasteiger partial charge < -0.3 is 0 Å². The molecule has 0 unspecified atom stereocenters. The van der Waals surface area contributed by atoms with Crippen LogP contribution in [0.15, 0.2) is 57.5 Å². The zero-order chi connectivity index (χ0) is 12.1. The average molecular weight is 372 g/mol. The molecule has 0 amide bonds. The number of hydrogen-bond donors (Lipinski definition) is 0. The summed E-state index contributed by atoms with van der Waals surface area (Å²) in [6.45, 7) is 0. The van der Waals surface area contributed by atoms with Gasteiger partial charge in [-0.3, -0.25) is 0 Å². The maximum absolute atomic E-state index is 3.49. The molecule has 0 aliphatic heterocycles. The lowest BCUT2D eigenvalue weighted by Crippen LogP contribution is -1.83. The lowest BCUT2D eigenvalue weighted by Gasteiger charge is -2.03. The second kappa shape index (κ2) is 6.62. The molecule has 0 fully saturated rings. The van der Waals surface area contributed by atoms with Gasteiger partial charge in [0.25, 0.3) is 0 Å². The van der Waals surface area contributed by atoms with E-state index in [1.165, 1.54) is 11.1 Å². The van der Waals surface area contributed by atoms with E-state index in [2.05, 4.69) is 80.4 Å². The fourth-order valence-electron chi connectivity index (χ4n) is 1.54. The Bertz CT molecular complexity index is 452. The summed E-state index contributed by atoms with van der Waals surface area (Å²) in [6.07, 6.45) is 0. The van der Waals surface area contributed by atoms with Crippen molar-refractivity contribution < 1.29 is 0 Å². The lowest BCUT2D eigenvalue weighted by atomic mass is 10.2. The second-order valence-corrected chi connectivity index (χ2v) is 6.57. The van der Waals surface area contributed by atoms with E-state index < -0.39 is 0 Å². The summed E-state index contributed by atoms with van der Waals surface area (Å²) < 4.78 is 2.30. The highest BCUT2D eigenvalue weighted by molar-refractivity contribution is 9.10. The van der Waals surface area contributed by atoms with Crippen molar-refractivity contribution in [1.82, 2.24) is 0 Å². The van der Waals surface area contributed by atoms with Crippen molar-refractivity contribution in [2.24, 2.45) is 0 Å². The molecule has 0 atom stereocenters. The van der Waals surface area contributed by atoms with E-state index in [1.54, 1.807) is 0 Å². The largest absolute Gasteiger partial charge is 0.152 e. The topological polar surface area (TPSA) is 0 Å². The van der Waals surface area contributed by atoms with Crippen LogP contribution in [0, 0.1) is 0 Å². The molecule has 0 bridgehead atoms. The summed E-state index contributed by atoms with van der Waals surface area (Å²) in [5.74, 6) is 2.10. The first-order chi connectivity index (χ1) is 8.24. The van der Waals surface area contributed by atoms with E-state index in [1.807, 2.05) is 11.8 Å². The van der Waals surface area contributed by atoms with Gasteiger partial charge in [-0.25, -0.2) is 0 Å². The van der Waals surface area contributed by atoms with Crippen molar-refractivity contribution in [1.29, 1.82) is 0 Å². The van der Waals surface area contributed by atoms with Crippen LogP contribution in [0.25, 0.3) is 0 Å². The van der Waals surface area contributed by atoms with Gasteiger partial charge in [0.1, 0.15) is 0 Å². The molecule has 2 rings (SSSR count). The third kappa shape index (κ3) is 4.49. The number of rotatable bonds is 4. The van der Waals surface area contributed by atoms with Crippen LogP contribution in [0.4, 0.5) is 0 Å². The highest BCUT2D eigenvalue weighted by atomic mass is 79.9. The molecule has 0 N–H and O–H groups in total. The Morgan fingerprint density at radius 3 is 1.65 bits per heavy atom. The molecule has 0 aliphatic rings. The molecular weight excluding hydrogens is 360 g/mol. The molecule has 0 aromatic heterocycles. The molecule has 0 aliphatic carbocycles. The molecule has 0 saturated carbocycles. The fraction of sp³-hybridized carbons (Fsp3) is 0.143. The zero-order valence-corrected chi connectivity index (χ0v) is 13.2. The minimum atomic E-state index is 1.05. The van der Waals surface area contributed by atoms with Gasteiger partial charge in [0, 0.05) is 20.5 Å². The van der Waals surface area contributed by atoms with Crippen molar-refractivity contribution in [2.45, 2.75) is 11.5 Å². The normalized spacial score (nSPS) is 10.5. The zero-order valence-electron chi connectivity index (χ0n) is 9.20.